The first-order chi connectivity index (χ1) is 14.5. The van der Waals surface area contributed by atoms with Crippen molar-refractivity contribution in [1.29, 1.82) is 0 Å². The summed E-state index contributed by atoms with van der Waals surface area (Å²) < 4.78 is 15.7. The van der Waals surface area contributed by atoms with Crippen LogP contribution in [0.3, 0.4) is 0 Å². The van der Waals surface area contributed by atoms with Gasteiger partial charge in [-0.1, -0.05) is 28.1 Å². The number of carbonyl (C=O) groups is 2. The Labute approximate surface area is 182 Å². The summed E-state index contributed by atoms with van der Waals surface area (Å²) in [6.07, 6.45) is 3.52. The molecule has 1 aromatic heterocycles. The summed E-state index contributed by atoms with van der Waals surface area (Å²) in [7, 11) is 0. The number of benzene rings is 2. The third-order valence-corrected chi connectivity index (χ3v) is 5.64. The van der Waals surface area contributed by atoms with Crippen LogP contribution in [0.25, 0.3) is 5.69 Å². The summed E-state index contributed by atoms with van der Waals surface area (Å²) in [5.41, 5.74) is 2.16. The van der Waals surface area contributed by atoms with Crippen molar-refractivity contribution in [2.24, 2.45) is 0 Å². The molecular formula is C22H20BrFN4O2. The largest absolute Gasteiger partial charge is 0.339 e. The van der Waals surface area contributed by atoms with Crippen LogP contribution in [0.15, 0.2) is 65.4 Å². The fourth-order valence-corrected chi connectivity index (χ4v) is 3.66. The van der Waals surface area contributed by atoms with Gasteiger partial charge in [0.15, 0.2) is 0 Å². The highest BCUT2D eigenvalue weighted by molar-refractivity contribution is 9.10. The lowest BCUT2D eigenvalue weighted by atomic mass is 10.1. The fourth-order valence-electron chi connectivity index (χ4n) is 3.40. The van der Waals surface area contributed by atoms with Crippen molar-refractivity contribution in [3.8, 4) is 5.69 Å². The first-order valence-electron chi connectivity index (χ1n) is 9.62. The summed E-state index contributed by atoms with van der Waals surface area (Å²) in [4.78, 5) is 28.8. The van der Waals surface area contributed by atoms with Gasteiger partial charge in [0.1, 0.15) is 5.82 Å². The lowest BCUT2D eigenvalue weighted by Gasteiger charge is -2.34. The molecule has 0 radical (unpaired) electrons. The van der Waals surface area contributed by atoms with E-state index in [2.05, 4.69) is 21.0 Å². The molecule has 1 aliphatic heterocycles. The van der Waals surface area contributed by atoms with E-state index in [1.165, 1.54) is 12.1 Å². The van der Waals surface area contributed by atoms with Gasteiger partial charge >= 0.3 is 0 Å². The van der Waals surface area contributed by atoms with Gasteiger partial charge < -0.3 is 9.80 Å². The number of rotatable bonds is 4. The Bertz CT molecular complexity index is 1040. The van der Waals surface area contributed by atoms with Crippen LogP contribution in [0.4, 0.5) is 4.39 Å². The molecule has 1 aliphatic rings. The van der Waals surface area contributed by atoms with Gasteiger partial charge in [0, 0.05) is 36.8 Å². The minimum Gasteiger partial charge on any atom is -0.339 e. The highest BCUT2D eigenvalue weighted by Gasteiger charge is 2.25. The SMILES string of the molecule is O=C(Cc1ccc(F)cc1)N1CCN(C(=O)c2cnn(-c3ccc(Br)cc3)c2)CC1. The second kappa shape index (κ2) is 8.79. The Morgan fingerprint density at radius 2 is 1.57 bits per heavy atom. The van der Waals surface area contributed by atoms with E-state index in [0.29, 0.717) is 31.7 Å². The van der Waals surface area contributed by atoms with Gasteiger partial charge in [0.05, 0.1) is 23.9 Å². The number of nitrogens with zero attached hydrogens (tertiary/aromatic N) is 4. The number of aromatic nitrogens is 2. The van der Waals surface area contributed by atoms with E-state index in [0.717, 1.165) is 15.7 Å². The lowest BCUT2D eigenvalue weighted by Crippen LogP contribution is -2.50. The van der Waals surface area contributed by atoms with Gasteiger partial charge in [-0.05, 0) is 42.0 Å². The summed E-state index contributed by atoms with van der Waals surface area (Å²) in [5, 5.41) is 4.29. The molecule has 2 aromatic carbocycles. The molecule has 0 spiro atoms. The van der Waals surface area contributed by atoms with Crippen molar-refractivity contribution >= 4 is 27.7 Å². The molecule has 154 valence electrons. The Morgan fingerprint density at radius 3 is 2.23 bits per heavy atom. The number of carbonyl (C=O) groups excluding carboxylic acids is 2. The van der Waals surface area contributed by atoms with E-state index >= 15 is 0 Å². The molecule has 2 amide bonds. The van der Waals surface area contributed by atoms with Crippen LogP contribution in [0.1, 0.15) is 15.9 Å². The zero-order chi connectivity index (χ0) is 21.1. The van der Waals surface area contributed by atoms with Gasteiger partial charge in [0.2, 0.25) is 5.91 Å². The van der Waals surface area contributed by atoms with E-state index in [1.54, 1.807) is 39.0 Å². The maximum atomic E-state index is 13.0. The number of hydrogen-bond donors (Lipinski definition) is 0. The maximum absolute atomic E-state index is 13.0. The van der Waals surface area contributed by atoms with Crippen molar-refractivity contribution < 1.29 is 14.0 Å². The highest BCUT2D eigenvalue weighted by Crippen LogP contribution is 2.16. The fraction of sp³-hybridized carbons (Fsp3) is 0.227. The van der Waals surface area contributed by atoms with Gasteiger partial charge in [-0.15, -0.1) is 0 Å². The van der Waals surface area contributed by atoms with Crippen molar-refractivity contribution in [3.05, 3.63) is 82.3 Å². The first kappa shape index (κ1) is 20.3. The topological polar surface area (TPSA) is 58.4 Å². The lowest BCUT2D eigenvalue weighted by molar-refractivity contribution is -0.131. The van der Waals surface area contributed by atoms with E-state index in [9.17, 15) is 14.0 Å². The summed E-state index contributed by atoms with van der Waals surface area (Å²) in [6.45, 7) is 1.90. The first-order valence-corrected chi connectivity index (χ1v) is 10.4. The predicted octanol–water partition coefficient (Wildman–Crippen LogP) is 3.30. The summed E-state index contributed by atoms with van der Waals surface area (Å²) in [6, 6.07) is 13.6. The Morgan fingerprint density at radius 1 is 0.933 bits per heavy atom. The van der Waals surface area contributed by atoms with Crippen LogP contribution in [-0.4, -0.2) is 57.6 Å². The van der Waals surface area contributed by atoms with Gasteiger partial charge in [-0.25, -0.2) is 9.07 Å². The molecule has 1 fully saturated rings. The second-order valence-electron chi connectivity index (χ2n) is 7.13. The zero-order valence-corrected chi connectivity index (χ0v) is 17.8. The van der Waals surface area contributed by atoms with Crippen molar-refractivity contribution in [2.45, 2.75) is 6.42 Å². The van der Waals surface area contributed by atoms with Gasteiger partial charge in [-0.3, -0.25) is 9.59 Å². The highest BCUT2D eigenvalue weighted by atomic mass is 79.9. The molecule has 0 unspecified atom stereocenters. The van der Waals surface area contributed by atoms with Crippen molar-refractivity contribution in [1.82, 2.24) is 19.6 Å². The Balaban J connectivity index is 1.33. The molecule has 0 bridgehead atoms. The average molecular weight is 471 g/mol. The molecule has 1 saturated heterocycles. The molecule has 0 saturated carbocycles. The zero-order valence-electron chi connectivity index (χ0n) is 16.2. The normalized spacial score (nSPS) is 14.1. The molecule has 0 aliphatic carbocycles. The minimum absolute atomic E-state index is 0.0169. The van der Waals surface area contributed by atoms with Crippen LogP contribution in [0.5, 0.6) is 0 Å². The summed E-state index contributed by atoms with van der Waals surface area (Å²) >= 11 is 3.40. The Kier molecular flexibility index (Phi) is 5.94. The molecule has 0 N–H and O–H groups in total. The second-order valence-corrected chi connectivity index (χ2v) is 8.04. The molecule has 30 heavy (non-hydrogen) atoms. The van der Waals surface area contributed by atoms with E-state index in [1.807, 2.05) is 24.3 Å². The molecule has 4 rings (SSSR count). The number of amides is 2. The molecule has 6 nitrogen and oxygen atoms in total. The number of halogens is 2. The summed E-state index contributed by atoms with van der Waals surface area (Å²) in [5.74, 6) is -0.428. The monoisotopic (exact) mass is 470 g/mol. The molecule has 8 heteroatoms. The van der Waals surface area contributed by atoms with Gasteiger partial charge in [0.25, 0.3) is 5.91 Å². The molecular weight excluding hydrogens is 451 g/mol. The van der Waals surface area contributed by atoms with Gasteiger partial charge in [-0.2, -0.15) is 5.10 Å². The van der Waals surface area contributed by atoms with E-state index in [-0.39, 0.29) is 24.1 Å². The van der Waals surface area contributed by atoms with Crippen LogP contribution >= 0.6 is 15.9 Å². The predicted molar refractivity (Wildman–Crippen MR) is 114 cm³/mol. The smallest absolute Gasteiger partial charge is 0.257 e. The Hall–Kier alpha value is -3.00. The van der Waals surface area contributed by atoms with E-state index < -0.39 is 0 Å². The van der Waals surface area contributed by atoms with Crippen LogP contribution < -0.4 is 0 Å². The van der Waals surface area contributed by atoms with Crippen molar-refractivity contribution in [3.63, 3.8) is 0 Å². The van der Waals surface area contributed by atoms with E-state index in [4.69, 9.17) is 0 Å². The average Bonchev–Trinajstić information content (AvgIpc) is 3.26. The standard InChI is InChI=1S/C22H20BrFN4O2/c23-18-3-7-20(8-4-18)28-15-17(14-25-28)22(30)27-11-9-26(10-12-27)21(29)13-16-1-5-19(24)6-2-16/h1-8,14-15H,9-13H2. The van der Waals surface area contributed by atoms with Crippen LogP contribution in [-0.2, 0) is 11.2 Å². The maximum Gasteiger partial charge on any atom is 0.257 e. The third kappa shape index (κ3) is 4.59. The molecule has 0 atom stereocenters. The number of piperazine rings is 1. The number of hydrogen-bond acceptors (Lipinski definition) is 3. The van der Waals surface area contributed by atoms with Crippen LogP contribution in [0, 0.1) is 5.82 Å². The third-order valence-electron chi connectivity index (χ3n) is 5.11. The van der Waals surface area contributed by atoms with Crippen LogP contribution in [0.2, 0.25) is 0 Å². The molecule has 2 heterocycles. The molecule has 3 aromatic rings. The quantitative estimate of drug-likeness (QED) is 0.587. The minimum atomic E-state index is -0.318. The van der Waals surface area contributed by atoms with Crippen molar-refractivity contribution in [2.75, 3.05) is 26.2 Å².